The summed E-state index contributed by atoms with van der Waals surface area (Å²) >= 11 is 0. The summed E-state index contributed by atoms with van der Waals surface area (Å²) in [4.78, 5) is 2.44. The van der Waals surface area contributed by atoms with Crippen LogP contribution >= 0.6 is 0 Å². The monoisotopic (exact) mass is 469 g/mol. The Morgan fingerprint density at radius 3 is 0.970 bits per heavy atom. The summed E-state index contributed by atoms with van der Waals surface area (Å²) in [6.45, 7) is 17.0. The topological polar surface area (TPSA) is 15.3 Å². The van der Waals surface area contributed by atoms with Crippen molar-refractivity contribution in [2.75, 3.05) is 19.6 Å². The second kappa shape index (κ2) is 31.9. The molecule has 0 rings (SSSR count). The van der Waals surface area contributed by atoms with Crippen molar-refractivity contribution in [2.24, 2.45) is 0 Å². The highest BCUT2D eigenvalue weighted by molar-refractivity contribution is 4.61. The molecule has 2 heteroatoms. The maximum atomic E-state index is 3.55. The normalized spacial score (nSPS) is 12.1. The van der Waals surface area contributed by atoms with Crippen LogP contribution in [0.1, 0.15) is 176 Å². The lowest BCUT2D eigenvalue weighted by atomic mass is 10.0. The molecule has 0 heterocycles. The predicted octanol–water partition coefficient (Wildman–Crippen LogP) is 10.5. The average Bonchev–Trinajstić information content (AvgIpc) is 2.83. The van der Waals surface area contributed by atoms with Gasteiger partial charge in [-0.05, 0) is 33.0 Å². The fraction of sp³-hybridized carbons (Fsp3) is 1.00. The second-order valence-corrected chi connectivity index (χ2v) is 10.2. The van der Waals surface area contributed by atoms with Gasteiger partial charge in [-0.25, -0.2) is 0 Å². The minimum atomic E-state index is 0.534. The third-order valence-electron chi connectivity index (χ3n) is 7.04. The lowest BCUT2D eigenvalue weighted by Crippen LogP contribution is -2.43. The van der Waals surface area contributed by atoms with Crippen molar-refractivity contribution in [1.29, 1.82) is 0 Å². The van der Waals surface area contributed by atoms with Crippen molar-refractivity contribution < 1.29 is 0 Å². The number of hydrogen-bond acceptors (Lipinski definition) is 2. The van der Waals surface area contributed by atoms with E-state index in [1.165, 1.54) is 135 Å². The largest absolute Gasteiger partial charge is 0.302 e. The molecule has 0 aliphatic heterocycles. The van der Waals surface area contributed by atoms with Crippen LogP contribution in [0.5, 0.6) is 0 Å². The molecular formula is C31H68N2. The average molecular weight is 469 g/mol. The maximum Gasteiger partial charge on any atom is 0.0567 e. The van der Waals surface area contributed by atoms with Gasteiger partial charge in [0.25, 0.3) is 0 Å². The molecule has 202 valence electrons. The summed E-state index contributed by atoms with van der Waals surface area (Å²) in [6.07, 6.45) is 30.9. The zero-order chi connectivity index (χ0) is 24.8. The fourth-order valence-electron chi connectivity index (χ4n) is 4.56. The third-order valence-corrected chi connectivity index (χ3v) is 7.04. The van der Waals surface area contributed by atoms with E-state index in [1.54, 1.807) is 0 Å². The first-order chi connectivity index (χ1) is 16.2. The standard InChI is InChI=1S/C20H42.C11H26N2/c1-3-5-7-9-11-13-15-17-19-20-18-16-14-12-10-8-6-4-2;1-5-8-9-10-12-11(4)13(6-2)7-3/h3-20H2,1-2H3;11-12H,5-10H2,1-4H3. The van der Waals surface area contributed by atoms with Crippen LogP contribution in [0.2, 0.25) is 0 Å². The SMILES string of the molecule is CCCCCCCCCCCCCCCCCCCC.CCCCCNC(C)N(CC)CC. The summed E-state index contributed by atoms with van der Waals surface area (Å²) in [5.41, 5.74) is 0. The molecule has 0 saturated heterocycles. The van der Waals surface area contributed by atoms with E-state index in [9.17, 15) is 0 Å². The van der Waals surface area contributed by atoms with Crippen molar-refractivity contribution >= 4 is 0 Å². The Morgan fingerprint density at radius 1 is 0.424 bits per heavy atom. The lowest BCUT2D eigenvalue weighted by Gasteiger charge is -2.27. The summed E-state index contributed by atoms with van der Waals surface area (Å²) in [5, 5.41) is 3.55. The Morgan fingerprint density at radius 2 is 0.697 bits per heavy atom. The minimum absolute atomic E-state index is 0.534. The van der Waals surface area contributed by atoms with Gasteiger partial charge in [0.15, 0.2) is 0 Å². The van der Waals surface area contributed by atoms with Gasteiger partial charge in [0.2, 0.25) is 0 Å². The van der Waals surface area contributed by atoms with Crippen LogP contribution in [0.4, 0.5) is 0 Å². The smallest absolute Gasteiger partial charge is 0.0567 e. The van der Waals surface area contributed by atoms with Gasteiger partial charge in [0, 0.05) is 0 Å². The number of nitrogens with one attached hydrogen (secondary N) is 1. The summed E-state index contributed by atoms with van der Waals surface area (Å²) in [6, 6.07) is 0. The van der Waals surface area contributed by atoms with E-state index < -0.39 is 0 Å². The van der Waals surface area contributed by atoms with Crippen molar-refractivity contribution in [3.8, 4) is 0 Å². The first-order valence-electron chi connectivity index (χ1n) is 15.6. The molecule has 0 aromatic carbocycles. The highest BCUT2D eigenvalue weighted by Gasteiger charge is 2.07. The molecule has 0 radical (unpaired) electrons. The molecule has 2 nitrogen and oxygen atoms in total. The lowest BCUT2D eigenvalue weighted by molar-refractivity contribution is 0.196. The van der Waals surface area contributed by atoms with Crippen LogP contribution in [0.25, 0.3) is 0 Å². The zero-order valence-corrected chi connectivity index (χ0v) is 24.5. The molecule has 0 saturated carbocycles. The van der Waals surface area contributed by atoms with Crippen LogP contribution in [-0.4, -0.2) is 30.7 Å². The summed E-state index contributed by atoms with van der Waals surface area (Å²) in [5.74, 6) is 0. The molecule has 0 aromatic heterocycles. The van der Waals surface area contributed by atoms with Crippen LogP contribution in [0, 0.1) is 0 Å². The van der Waals surface area contributed by atoms with Gasteiger partial charge in [0.1, 0.15) is 0 Å². The Kier molecular flexibility index (Phi) is 33.9. The molecule has 0 amide bonds. The molecule has 0 fully saturated rings. The summed E-state index contributed by atoms with van der Waals surface area (Å²) < 4.78 is 0. The predicted molar refractivity (Wildman–Crippen MR) is 154 cm³/mol. The second-order valence-electron chi connectivity index (χ2n) is 10.2. The minimum Gasteiger partial charge on any atom is -0.302 e. The highest BCUT2D eigenvalue weighted by atomic mass is 15.2. The fourth-order valence-corrected chi connectivity index (χ4v) is 4.56. The molecule has 0 spiro atoms. The van der Waals surface area contributed by atoms with Gasteiger partial charge >= 0.3 is 0 Å². The van der Waals surface area contributed by atoms with E-state index >= 15 is 0 Å². The van der Waals surface area contributed by atoms with E-state index in [0.717, 1.165) is 19.6 Å². The van der Waals surface area contributed by atoms with E-state index in [0.29, 0.717) is 6.17 Å². The van der Waals surface area contributed by atoms with Crippen LogP contribution < -0.4 is 5.32 Å². The quantitative estimate of drug-likeness (QED) is 0.106. The number of hydrogen-bond donors (Lipinski definition) is 1. The van der Waals surface area contributed by atoms with Crippen molar-refractivity contribution in [2.45, 2.75) is 183 Å². The first-order valence-corrected chi connectivity index (χ1v) is 15.6. The Hall–Kier alpha value is -0.0800. The maximum absolute atomic E-state index is 3.55. The number of rotatable bonds is 25. The van der Waals surface area contributed by atoms with Crippen LogP contribution in [0.3, 0.4) is 0 Å². The molecule has 0 aromatic rings. The Labute approximate surface area is 212 Å². The molecule has 1 unspecified atom stereocenters. The highest BCUT2D eigenvalue weighted by Crippen LogP contribution is 2.14. The van der Waals surface area contributed by atoms with E-state index in [1.807, 2.05) is 0 Å². The van der Waals surface area contributed by atoms with Gasteiger partial charge in [-0.1, -0.05) is 163 Å². The molecule has 33 heavy (non-hydrogen) atoms. The van der Waals surface area contributed by atoms with E-state index in [-0.39, 0.29) is 0 Å². The Bertz CT molecular complexity index is 296. The van der Waals surface area contributed by atoms with Gasteiger partial charge in [-0.3, -0.25) is 4.90 Å². The van der Waals surface area contributed by atoms with Crippen molar-refractivity contribution in [3.05, 3.63) is 0 Å². The molecule has 0 aliphatic rings. The van der Waals surface area contributed by atoms with E-state index in [4.69, 9.17) is 0 Å². The molecule has 0 bridgehead atoms. The van der Waals surface area contributed by atoms with Crippen molar-refractivity contribution in [3.63, 3.8) is 0 Å². The van der Waals surface area contributed by atoms with Gasteiger partial charge in [-0.15, -0.1) is 0 Å². The molecule has 0 aliphatic carbocycles. The van der Waals surface area contributed by atoms with Gasteiger partial charge in [0.05, 0.1) is 6.17 Å². The van der Waals surface area contributed by atoms with Gasteiger partial charge in [-0.2, -0.15) is 0 Å². The molecule has 1 N–H and O–H groups in total. The van der Waals surface area contributed by atoms with Crippen LogP contribution in [0.15, 0.2) is 0 Å². The van der Waals surface area contributed by atoms with Gasteiger partial charge < -0.3 is 5.32 Å². The Balaban J connectivity index is 0. The van der Waals surface area contributed by atoms with Crippen LogP contribution in [-0.2, 0) is 0 Å². The summed E-state index contributed by atoms with van der Waals surface area (Å²) in [7, 11) is 0. The number of unbranched alkanes of at least 4 members (excludes halogenated alkanes) is 19. The van der Waals surface area contributed by atoms with E-state index in [2.05, 4.69) is 51.8 Å². The number of nitrogens with zero attached hydrogens (tertiary/aromatic N) is 1. The third kappa shape index (κ3) is 29.9. The first kappa shape index (κ1) is 35.1. The molecular weight excluding hydrogens is 400 g/mol. The molecule has 1 atom stereocenters. The van der Waals surface area contributed by atoms with Crippen molar-refractivity contribution in [1.82, 2.24) is 10.2 Å². The zero-order valence-electron chi connectivity index (χ0n) is 24.5.